The molecule has 0 unspecified atom stereocenters. The fourth-order valence-electron chi connectivity index (χ4n) is 3.21. The number of para-hydroxylation sites is 1. The smallest absolute Gasteiger partial charge is 0.274 e. The molecule has 32 heavy (non-hydrogen) atoms. The van der Waals surface area contributed by atoms with Crippen LogP contribution in [-0.2, 0) is 13.2 Å². The number of carbonyl (C=O) groups is 2. The average Bonchev–Trinajstić information content (AvgIpc) is 2.86. The number of ether oxygens (including phenoxy) is 1. The van der Waals surface area contributed by atoms with Crippen molar-refractivity contribution in [2.45, 2.75) is 13.2 Å². The number of carbonyl (C=O) groups excluding carboxylic acids is 2. The summed E-state index contributed by atoms with van der Waals surface area (Å²) >= 11 is 0. The lowest BCUT2D eigenvalue weighted by Gasteiger charge is -2.10. The Morgan fingerprint density at radius 2 is 1.59 bits per heavy atom. The van der Waals surface area contributed by atoms with E-state index in [4.69, 9.17) is 9.94 Å². The molecule has 0 aliphatic rings. The van der Waals surface area contributed by atoms with Crippen LogP contribution in [0.1, 0.15) is 32.0 Å². The van der Waals surface area contributed by atoms with E-state index in [1.165, 1.54) is 0 Å². The monoisotopic (exact) mass is 427 g/mol. The lowest BCUT2D eigenvalue weighted by molar-refractivity contribution is 0.0706. The molecule has 0 saturated carbocycles. The summed E-state index contributed by atoms with van der Waals surface area (Å²) in [5.41, 5.74) is 4.65. The minimum absolute atomic E-state index is 0.270. The molecule has 0 saturated heterocycles. The summed E-state index contributed by atoms with van der Waals surface area (Å²) < 4.78 is 5.96. The Bertz CT molecular complexity index is 1240. The van der Waals surface area contributed by atoms with E-state index in [1.54, 1.807) is 35.8 Å². The minimum Gasteiger partial charge on any atom is -0.487 e. The minimum atomic E-state index is -0.591. The quantitative estimate of drug-likeness (QED) is 0.307. The second kappa shape index (κ2) is 9.72. The lowest BCUT2D eigenvalue weighted by atomic mass is 10.1. The number of fused-ring (bicyclic) bond motifs is 1. The van der Waals surface area contributed by atoms with E-state index in [0.29, 0.717) is 23.4 Å². The van der Waals surface area contributed by atoms with Crippen LogP contribution in [0.3, 0.4) is 0 Å². The molecular weight excluding hydrogens is 406 g/mol. The highest BCUT2D eigenvalue weighted by Crippen LogP contribution is 2.25. The van der Waals surface area contributed by atoms with Crippen molar-refractivity contribution in [1.29, 1.82) is 0 Å². The van der Waals surface area contributed by atoms with Crippen LogP contribution in [0.2, 0.25) is 0 Å². The highest BCUT2D eigenvalue weighted by Gasteiger charge is 2.11. The van der Waals surface area contributed by atoms with Gasteiger partial charge in [0, 0.05) is 17.5 Å². The van der Waals surface area contributed by atoms with Crippen molar-refractivity contribution in [3.05, 3.63) is 107 Å². The fourth-order valence-corrected chi connectivity index (χ4v) is 3.21. The maximum absolute atomic E-state index is 12.7. The van der Waals surface area contributed by atoms with Gasteiger partial charge in [0.25, 0.3) is 11.8 Å². The number of pyridine rings is 1. The summed E-state index contributed by atoms with van der Waals surface area (Å²) in [6.45, 7) is 0.675. The third-order valence-corrected chi connectivity index (χ3v) is 4.92. The zero-order chi connectivity index (χ0) is 22.3. The van der Waals surface area contributed by atoms with Crippen molar-refractivity contribution in [2.75, 3.05) is 0 Å². The van der Waals surface area contributed by atoms with E-state index < -0.39 is 5.91 Å². The molecule has 7 heteroatoms. The van der Waals surface area contributed by atoms with Crippen LogP contribution in [0, 0.1) is 0 Å². The van der Waals surface area contributed by atoms with Gasteiger partial charge in [-0.15, -0.1) is 0 Å². The van der Waals surface area contributed by atoms with Crippen LogP contribution in [0.15, 0.2) is 84.9 Å². The summed E-state index contributed by atoms with van der Waals surface area (Å²) in [5, 5.41) is 12.4. The van der Waals surface area contributed by atoms with Crippen molar-refractivity contribution in [2.24, 2.45) is 0 Å². The van der Waals surface area contributed by atoms with Gasteiger partial charge in [-0.05, 0) is 35.4 Å². The molecular formula is C25H21N3O4. The molecule has 4 rings (SSSR count). The first-order valence-electron chi connectivity index (χ1n) is 10.0. The number of benzene rings is 3. The topological polar surface area (TPSA) is 101 Å². The highest BCUT2D eigenvalue weighted by molar-refractivity contribution is 5.96. The predicted molar refractivity (Wildman–Crippen MR) is 119 cm³/mol. The molecule has 2 amide bonds. The molecule has 0 radical (unpaired) electrons. The number of amides is 2. The zero-order valence-electron chi connectivity index (χ0n) is 17.1. The molecule has 0 fully saturated rings. The van der Waals surface area contributed by atoms with Crippen molar-refractivity contribution < 1.29 is 19.5 Å². The van der Waals surface area contributed by atoms with Gasteiger partial charge in [-0.1, -0.05) is 60.7 Å². The van der Waals surface area contributed by atoms with Gasteiger partial charge < -0.3 is 10.1 Å². The Kier molecular flexibility index (Phi) is 6.38. The second-order valence-electron chi connectivity index (χ2n) is 7.12. The lowest BCUT2D eigenvalue weighted by Crippen LogP contribution is -2.24. The molecule has 3 N–H and O–H groups in total. The van der Waals surface area contributed by atoms with Gasteiger partial charge in [-0.3, -0.25) is 14.8 Å². The third-order valence-electron chi connectivity index (χ3n) is 4.92. The third kappa shape index (κ3) is 4.91. The SMILES string of the molecule is O=C(NO)c1ccc(CNC(=O)c2ccc3cccc(OCc4ccccc4)c3n2)cc1. The van der Waals surface area contributed by atoms with E-state index in [0.717, 1.165) is 16.5 Å². The standard InChI is InChI=1S/C25H21N3O4/c29-24(28-31)20-11-9-17(10-12-20)15-26-25(30)21-14-13-19-7-4-8-22(23(19)27-21)32-16-18-5-2-1-3-6-18/h1-14,31H,15-16H2,(H,26,30)(H,28,29). The number of rotatable bonds is 7. The Balaban J connectivity index is 1.46. The summed E-state index contributed by atoms with van der Waals surface area (Å²) in [6.07, 6.45) is 0. The Morgan fingerprint density at radius 3 is 2.34 bits per heavy atom. The first kappa shape index (κ1) is 21.0. The number of nitrogens with one attached hydrogen (secondary N) is 2. The molecule has 0 aliphatic carbocycles. The first-order valence-corrected chi connectivity index (χ1v) is 10.0. The van der Waals surface area contributed by atoms with Crippen molar-refractivity contribution >= 4 is 22.7 Å². The number of hydrogen-bond acceptors (Lipinski definition) is 5. The van der Waals surface area contributed by atoms with Crippen LogP contribution in [0.25, 0.3) is 10.9 Å². The molecule has 0 spiro atoms. The summed E-state index contributed by atoms with van der Waals surface area (Å²) in [5.74, 6) is -0.299. The Labute approximate surface area is 184 Å². The van der Waals surface area contributed by atoms with Crippen LogP contribution in [-0.4, -0.2) is 22.0 Å². The second-order valence-corrected chi connectivity index (χ2v) is 7.12. The predicted octanol–water partition coefficient (Wildman–Crippen LogP) is 3.86. The Morgan fingerprint density at radius 1 is 0.812 bits per heavy atom. The number of hydrogen-bond donors (Lipinski definition) is 3. The van der Waals surface area contributed by atoms with Gasteiger partial charge in [0.15, 0.2) is 0 Å². The number of aromatic nitrogens is 1. The Hall–Kier alpha value is -4.23. The van der Waals surface area contributed by atoms with E-state index >= 15 is 0 Å². The molecule has 7 nitrogen and oxygen atoms in total. The number of hydroxylamine groups is 1. The van der Waals surface area contributed by atoms with Gasteiger partial charge >= 0.3 is 0 Å². The summed E-state index contributed by atoms with van der Waals surface area (Å²) in [7, 11) is 0. The highest BCUT2D eigenvalue weighted by atomic mass is 16.5. The average molecular weight is 427 g/mol. The molecule has 4 aromatic rings. The van der Waals surface area contributed by atoms with Crippen molar-refractivity contribution in [3.63, 3.8) is 0 Å². The molecule has 0 bridgehead atoms. The zero-order valence-corrected chi connectivity index (χ0v) is 17.1. The molecule has 3 aromatic carbocycles. The van der Waals surface area contributed by atoms with E-state index in [-0.39, 0.29) is 18.1 Å². The van der Waals surface area contributed by atoms with Gasteiger partial charge in [0.05, 0.1) is 0 Å². The largest absolute Gasteiger partial charge is 0.487 e. The molecule has 1 aromatic heterocycles. The maximum atomic E-state index is 12.7. The van der Waals surface area contributed by atoms with Crippen molar-refractivity contribution in [3.8, 4) is 5.75 Å². The molecule has 0 aliphatic heterocycles. The molecule has 1 heterocycles. The van der Waals surface area contributed by atoms with Gasteiger partial charge in [0.2, 0.25) is 0 Å². The van der Waals surface area contributed by atoms with E-state index in [1.807, 2.05) is 54.6 Å². The summed E-state index contributed by atoms with van der Waals surface area (Å²) in [6, 6.07) is 25.5. The maximum Gasteiger partial charge on any atom is 0.274 e. The molecule has 160 valence electrons. The number of nitrogens with zero attached hydrogens (tertiary/aromatic N) is 1. The fraction of sp³-hybridized carbons (Fsp3) is 0.0800. The van der Waals surface area contributed by atoms with Crippen LogP contribution in [0.5, 0.6) is 5.75 Å². The summed E-state index contributed by atoms with van der Waals surface area (Å²) in [4.78, 5) is 28.6. The van der Waals surface area contributed by atoms with E-state index in [9.17, 15) is 9.59 Å². The van der Waals surface area contributed by atoms with Gasteiger partial charge in [-0.2, -0.15) is 0 Å². The van der Waals surface area contributed by atoms with E-state index in [2.05, 4.69) is 10.3 Å². The van der Waals surface area contributed by atoms with Gasteiger partial charge in [0.1, 0.15) is 23.6 Å². The normalized spacial score (nSPS) is 10.5. The van der Waals surface area contributed by atoms with Crippen molar-refractivity contribution in [1.82, 2.24) is 15.8 Å². The van der Waals surface area contributed by atoms with Crippen LogP contribution < -0.4 is 15.5 Å². The van der Waals surface area contributed by atoms with Crippen LogP contribution in [0.4, 0.5) is 0 Å². The first-order chi connectivity index (χ1) is 15.6. The van der Waals surface area contributed by atoms with Crippen LogP contribution >= 0.6 is 0 Å². The molecule has 0 atom stereocenters. The van der Waals surface area contributed by atoms with Gasteiger partial charge in [-0.25, -0.2) is 10.5 Å².